The van der Waals surface area contributed by atoms with E-state index >= 15 is 0 Å². The van der Waals surface area contributed by atoms with Crippen LogP contribution in [0.5, 0.6) is 5.75 Å². The van der Waals surface area contributed by atoms with Crippen LogP contribution in [0.15, 0.2) is 54.2 Å². The van der Waals surface area contributed by atoms with Crippen molar-refractivity contribution in [1.29, 1.82) is 5.26 Å². The van der Waals surface area contributed by atoms with Gasteiger partial charge in [0.05, 0.1) is 0 Å². The standard InChI is InChI=1S/C20H21N3O2/c1-4-23(17-7-5-6-14(2)10-17)13-16(12-21)20(25)22-19-9-8-18(24)11-15(19)3/h5-11,13,24H,4H2,1-3H3,(H,22,25)/b16-13-. The van der Waals surface area contributed by atoms with E-state index in [9.17, 15) is 15.2 Å². The molecule has 0 aliphatic carbocycles. The fraction of sp³-hybridized carbons (Fsp3) is 0.200. The van der Waals surface area contributed by atoms with E-state index in [1.165, 1.54) is 6.07 Å². The van der Waals surface area contributed by atoms with E-state index in [1.54, 1.807) is 25.3 Å². The molecule has 0 atom stereocenters. The number of phenols is 1. The predicted molar refractivity (Wildman–Crippen MR) is 99.4 cm³/mol. The van der Waals surface area contributed by atoms with Crippen molar-refractivity contribution >= 4 is 17.3 Å². The highest BCUT2D eigenvalue weighted by atomic mass is 16.3. The first kappa shape index (κ1) is 18.1. The Hall–Kier alpha value is -3.26. The number of nitriles is 1. The number of hydrogen-bond donors (Lipinski definition) is 2. The second-order valence-corrected chi connectivity index (χ2v) is 5.73. The van der Waals surface area contributed by atoms with E-state index in [0.717, 1.165) is 16.8 Å². The zero-order valence-electron chi connectivity index (χ0n) is 14.6. The Morgan fingerprint density at radius 2 is 2.04 bits per heavy atom. The highest BCUT2D eigenvalue weighted by Gasteiger charge is 2.13. The third-order valence-corrected chi connectivity index (χ3v) is 3.78. The lowest BCUT2D eigenvalue weighted by atomic mass is 10.1. The van der Waals surface area contributed by atoms with Gasteiger partial charge in [-0.05, 0) is 62.2 Å². The number of nitrogens with zero attached hydrogens (tertiary/aromatic N) is 2. The maximum Gasteiger partial charge on any atom is 0.267 e. The van der Waals surface area contributed by atoms with Gasteiger partial charge < -0.3 is 15.3 Å². The van der Waals surface area contributed by atoms with Crippen molar-refractivity contribution in [1.82, 2.24) is 0 Å². The molecular weight excluding hydrogens is 314 g/mol. The van der Waals surface area contributed by atoms with Crippen LogP contribution < -0.4 is 10.2 Å². The van der Waals surface area contributed by atoms with Crippen LogP contribution in [-0.2, 0) is 4.79 Å². The Balaban J connectivity index is 2.26. The summed E-state index contributed by atoms with van der Waals surface area (Å²) in [7, 11) is 0. The molecule has 0 radical (unpaired) electrons. The molecule has 0 fully saturated rings. The third kappa shape index (κ3) is 4.61. The van der Waals surface area contributed by atoms with Crippen LogP contribution in [0.25, 0.3) is 0 Å². The number of benzene rings is 2. The van der Waals surface area contributed by atoms with Crippen molar-refractivity contribution in [3.05, 3.63) is 65.4 Å². The summed E-state index contributed by atoms with van der Waals surface area (Å²) in [5.74, 6) is -0.356. The summed E-state index contributed by atoms with van der Waals surface area (Å²) in [5, 5.41) is 21.5. The van der Waals surface area contributed by atoms with Crippen LogP contribution in [0.2, 0.25) is 0 Å². The molecule has 0 saturated heterocycles. The lowest BCUT2D eigenvalue weighted by Gasteiger charge is -2.19. The summed E-state index contributed by atoms with van der Waals surface area (Å²) >= 11 is 0. The van der Waals surface area contributed by atoms with Crippen LogP contribution in [-0.4, -0.2) is 17.6 Å². The lowest BCUT2D eigenvalue weighted by molar-refractivity contribution is -0.112. The van der Waals surface area contributed by atoms with Gasteiger partial charge in [0.25, 0.3) is 5.91 Å². The summed E-state index contributed by atoms with van der Waals surface area (Å²) in [6.07, 6.45) is 1.56. The minimum atomic E-state index is -0.484. The van der Waals surface area contributed by atoms with Gasteiger partial charge in [-0.25, -0.2) is 0 Å². The average molecular weight is 335 g/mol. The van der Waals surface area contributed by atoms with Gasteiger partial charge in [-0.2, -0.15) is 5.26 Å². The van der Waals surface area contributed by atoms with E-state index in [-0.39, 0.29) is 11.3 Å². The molecule has 2 aromatic carbocycles. The Bertz CT molecular complexity index is 850. The first-order chi connectivity index (χ1) is 11.9. The number of rotatable bonds is 5. The van der Waals surface area contributed by atoms with Crippen LogP contribution in [0.1, 0.15) is 18.1 Å². The zero-order chi connectivity index (χ0) is 18.4. The van der Waals surface area contributed by atoms with Gasteiger partial charge >= 0.3 is 0 Å². The Labute approximate surface area is 147 Å². The van der Waals surface area contributed by atoms with Crippen LogP contribution >= 0.6 is 0 Å². The van der Waals surface area contributed by atoms with Gasteiger partial charge in [0.1, 0.15) is 17.4 Å². The molecule has 0 heterocycles. The molecule has 2 rings (SSSR count). The number of carbonyl (C=O) groups is 1. The Morgan fingerprint density at radius 1 is 1.28 bits per heavy atom. The van der Waals surface area contributed by atoms with E-state index in [2.05, 4.69) is 5.32 Å². The quantitative estimate of drug-likeness (QED) is 0.494. The summed E-state index contributed by atoms with van der Waals surface area (Å²) in [6, 6.07) is 14.5. The monoisotopic (exact) mass is 335 g/mol. The largest absolute Gasteiger partial charge is 0.508 e. The molecule has 0 spiro atoms. The zero-order valence-corrected chi connectivity index (χ0v) is 14.6. The highest BCUT2D eigenvalue weighted by Crippen LogP contribution is 2.21. The number of hydrogen-bond acceptors (Lipinski definition) is 4. The molecule has 0 bridgehead atoms. The van der Waals surface area contributed by atoms with Crippen LogP contribution in [0, 0.1) is 25.2 Å². The molecule has 0 unspecified atom stereocenters. The van der Waals surface area contributed by atoms with Gasteiger partial charge in [0.2, 0.25) is 0 Å². The van der Waals surface area contributed by atoms with Crippen LogP contribution in [0.4, 0.5) is 11.4 Å². The first-order valence-electron chi connectivity index (χ1n) is 8.00. The number of amides is 1. The minimum absolute atomic E-state index is 0.0100. The molecule has 2 N–H and O–H groups in total. The molecule has 25 heavy (non-hydrogen) atoms. The molecule has 0 aliphatic heterocycles. The summed E-state index contributed by atoms with van der Waals surface area (Å²) < 4.78 is 0. The van der Waals surface area contributed by atoms with Crippen LogP contribution in [0.3, 0.4) is 0 Å². The Morgan fingerprint density at radius 3 is 2.64 bits per heavy atom. The number of nitrogens with one attached hydrogen (secondary N) is 1. The second kappa shape index (κ2) is 8.02. The lowest BCUT2D eigenvalue weighted by Crippen LogP contribution is -2.21. The summed E-state index contributed by atoms with van der Waals surface area (Å²) in [4.78, 5) is 14.3. The molecular formula is C20H21N3O2. The molecule has 0 saturated carbocycles. The normalized spacial score (nSPS) is 10.9. The molecule has 0 aliphatic rings. The molecule has 5 heteroatoms. The molecule has 1 amide bonds. The van der Waals surface area contributed by atoms with Crippen molar-refractivity contribution in [2.24, 2.45) is 0 Å². The van der Waals surface area contributed by atoms with Gasteiger partial charge in [-0.1, -0.05) is 12.1 Å². The van der Waals surface area contributed by atoms with Crippen molar-refractivity contribution < 1.29 is 9.90 Å². The fourth-order valence-electron chi connectivity index (χ4n) is 2.43. The molecule has 5 nitrogen and oxygen atoms in total. The third-order valence-electron chi connectivity index (χ3n) is 3.78. The highest BCUT2D eigenvalue weighted by molar-refractivity contribution is 6.07. The van der Waals surface area contributed by atoms with Crippen molar-refractivity contribution in [2.75, 3.05) is 16.8 Å². The SMILES string of the molecule is CCN(/C=C(/C#N)C(=O)Nc1ccc(O)cc1C)c1cccc(C)c1. The fourth-order valence-corrected chi connectivity index (χ4v) is 2.43. The molecule has 0 aromatic heterocycles. The predicted octanol–water partition coefficient (Wildman–Crippen LogP) is 3.88. The maximum absolute atomic E-state index is 12.4. The van der Waals surface area contributed by atoms with Crippen molar-refractivity contribution in [2.45, 2.75) is 20.8 Å². The number of carbonyl (C=O) groups excluding carboxylic acids is 1. The number of aromatic hydroxyl groups is 1. The number of anilines is 2. The smallest absolute Gasteiger partial charge is 0.267 e. The van der Waals surface area contributed by atoms with E-state index < -0.39 is 5.91 Å². The first-order valence-corrected chi connectivity index (χ1v) is 8.00. The van der Waals surface area contributed by atoms with E-state index in [4.69, 9.17) is 0 Å². The van der Waals surface area contributed by atoms with E-state index in [1.807, 2.05) is 49.1 Å². The van der Waals surface area contributed by atoms with Crippen molar-refractivity contribution in [3.63, 3.8) is 0 Å². The van der Waals surface area contributed by atoms with Gasteiger partial charge in [-0.3, -0.25) is 4.79 Å². The van der Waals surface area contributed by atoms with Gasteiger partial charge in [-0.15, -0.1) is 0 Å². The minimum Gasteiger partial charge on any atom is -0.508 e. The van der Waals surface area contributed by atoms with E-state index in [0.29, 0.717) is 12.2 Å². The van der Waals surface area contributed by atoms with Crippen molar-refractivity contribution in [3.8, 4) is 11.8 Å². The van der Waals surface area contributed by atoms with Gasteiger partial charge in [0.15, 0.2) is 0 Å². The molecule has 2 aromatic rings. The topological polar surface area (TPSA) is 76.4 Å². The molecule has 128 valence electrons. The Kier molecular flexibility index (Phi) is 5.80. The average Bonchev–Trinajstić information content (AvgIpc) is 2.58. The second-order valence-electron chi connectivity index (χ2n) is 5.73. The number of phenolic OH excluding ortho intramolecular Hbond substituents is 1. The van der Waals surface area contributed by atoms with Gasteiger partial charge in [0, 0.05) is 24.1 Å². The maximum atomic E-state index is 12.4. The summed E-state index contributed by atoms with van der Waals surface area (Å²) in [5.41, 5.74) is 3.31. The number of aryl methyl sites for hydroxylation is 2. The summed E-state index contributed by atoms with van der Waals surface area (Å²) in [6.45, 7) is 6.35.